The Labute approximate surface area is 165 Å². The number of hydrogen-bond acceptors (Lipinski definition) is 3. The maximum absolute atomic E-state index is 12.2. The number of rotatable bonds is 7. The first-order valence-corrected chi connectivity index (χ1v) is 9.14. The van der Waals surface area contributed by atoms with Crippen LogP contribution in [0.1, 0.15) is 48.7 Å². The lowest BCUT2D eigenvalue weighted by atomic mass is 9.87. The van der Waals surface area contributed by atoms with Crippen molar-refractivity contribution in [3.63, 3.8) is 0 Å². The second kappa shape index (κ2) is 9.17. The third-order valence-corrected chi connectivity index (χ3v) is 4.29. The molecule has 0 aliphatic rings. The number of anilines is 1. The van der Waals surface area contributed by atoms with Gasteiger partial charge in [-0.2, -0.15) is 0 Å². The van der Waals surface area contributed by atoms with Crippen LogP contribution in [-0.2, 0) is 21.4 Å². The maximum atomic E-state index is 12.2. The fourth-order valence-corrected chi connectivity index (χ4v) is 2.60. The van der Waals surface area contributed by atoms with E-state index in [1.165, 1.54) is 0 Å². The zero-order valence-electron chi connectivity index (χ0n) is 16.4. The highest BCUT2D eigenvalue weighted by molar-refractivity contribution is 5.99. The van der Waals surface area contributed by atoms with Crippen LogP contribution in [0.2, 0.25) is 0 Å². The van der Waals surface area contributed by atoms with Crippen molar-refractivity contribution in [2.75, 3.05) is 11.9 Å². The normalized spacial score (nSPS) is 11.0. The number of carbonyl (C=O) groups excluding carboxylic acids is 2. The highest BCUT2D eigenvalue weighted by Crippen LogP contribution is 2.22. The van der Waals surface area contributed by atoms with Crippen molar-refractivity contribution in [2.24, 2.45) is 0 Å². The van der Waals surface area contributed by atoms with Crippen molar-refractivity contribution in [1.82, 2.24) is 5.32 Å². The molecule has 0 unspecified atom stereocenters. The third-order valence-electron chi connectivity index (χ3n) is 4.29. The third kappa shape index (κ3) is 6.54. The highest BCUT2D eigenvalue weighted by atomic mass is 16.4. The molecule has 2 amide bonds. The van der Waals surface area contributed by atoms with Crippen molar-refractivity contribution in [2.45, 2.75) is 39.0 Å². The molecule has 0 saturated heterocycles. The first kappa shape index (κ1) is 21.2. The Morgan fingerprint density at radius 3 is 2.07 bits per heavy atom. The Kier molecular flexibility index (Phi) is 6.93. The van der Waals surface area contributed by atoms with E-state index < -0.39 is 5.97 Å². The van der Waals surface area contributed by atoms with E-state index in [1.807, 2.05) is 12.1 Å². The van der Waals surface area contributed by atoms with Crippen LogP contribution in [0, 0.1) is 0 Å². The molecule has 0 heterocycles. The monoisotopic (exact) mass is 382 g/mol. The van der Waals surface area contributed by atoms with E-state index in [0.29, 0.717) is 17.7 Å². The van der Waals surface area contributed by atoms with E-state index in [0.717, 1.165) is 11.1 Å². The SMILES string of the molecule is CC(C)(C)c1ccc(C(=O)NCC(=O)Nc2ccc(CCC(=O)O)cc2)cc1. The van der Waals surface area contributed by atoms with Gasteiger partial charge in [0.2, 0.25) is 5.91 Å². The zero-order valence-corrected chi connectivity index (χ0v) is 16.4. The summed E-state index contributed by atoms with van der Waals surface area (Å²) in [6, 6.07) is 14.3. The Bertz CT molecular complexity index is 834. The predicted molar refractivity (Wildman–Crippen MR) is 109 cm³/mol. The van der Waals surface area contributed by atoms with Crippen LogP contribution in [-0.4, -0.2) is 29.4 Å². The molecule has 0 spiro atoms. The van der Waals surface area contributed by atoms with Gasteiger partial charge >= 0.3 is 5.97 Å². The van der Waals surface area contributed by atoms with Gasteiger partial charge in [0, 0.05) is 17.7 Å². The van der Waals surface area contributed by atoms with Gasteiger partial charge in [-0.3, -0.25) is 14.4 Å². The minimum Gasteiger partial charge on any atom is -0.481 e. The molecule has 0 aliphatic heterocycles. The van der Waals surface area contributed by atoms with E-state index in [9.17, 15) is 14.4 Å². The van der Waals surface area contributed by atoms with E-state index >= 15 is 0 Å². The predicted octanol–water partition coefficient (Wildman–Crippen LogP) is 3.37. The number of carboxylic acids is 1. The van der Waals surface area contributed by atoms with E-state index in [1.54, 1.807) is 36.4 Å². The number of carbonyl (C=O) groups is 3. The second-order valence-electron chi connectivity index (χ2n) is 7.65. The summed E-state index contributed by atoms with van der Waals surface area (Å²) in [4.78, 5) is 34.8. The molecule has 2 rings (SSSR count). The van der Waals surface area contributed by atoms with Gasteiger partial charge in [-0.15, -0.1) is 0 Å². The van der Waals surface area contributed by atoms with Crippen molar-refractivity contribution in [3.05, 3.63) is 65.2 Å². The molecular weight excluding hydrogens is 356 g/mol. The smallest absolute Gasteiger partial charge is 0.303 e. The van der Waals surface area contributed by atoms with Gasteiger partial charge in [-0.25, -0.2) is 0 Å². The Balaban J connectivity index is 1.83. The lowest BCUT2D eigenvalue weighted by molar-refractivity contribution is -0.137. The first-order chi connectivity index (χ1) is 13.1. The topological polar surface area (TPSA) is 95.5 Å². The quantitative estimate of drug-likeness (QED) is 0.684. The van der Waals surface area contributed by atoms with Crippen LogP contribution in [0.4, 0.5) is 5.69 Å². The molecule has 0 fully saturated rings. The molecule has 0 bridgehead atoms. The van der Waals surface area contributed by atoms with Gasteiger partial charge < -0.3 is 15.7 Å². The molecule has 0 aromatic heterocycles. The fourth-order valence-electron chi connectivity index (χ4n) is 2.60. The molecule has 148 valence electrons. The van der Waals surface area contributed by atoms with E-state index in [4.69, 9.17) is 5.11 Å². The summed E-state index contributed by atoms with van der Waals surface area (Å²) in [5, 5.41) is 14.0. The molecule has 28 heavy (non-hydrogen) atoms. The van der Waals surface area contributed by atoms with E-state index in [2.05, 4.69) is 31.4 Å². The fraction of sp³-hybridized carbons (Fsp3) is 0.318. The van der Waals surface area contributed by atoms with Crippen LogP contribution in [0.5, 0.6) is 0 Å². The summed E-state index contributed by atoms with van der Waals surface area (Å²) >= 11 is 0. The average molecular weight is 382 g/mol. The maximum Gasteiger partial charge on any atom is 0.303 e. The van der Waals surface area contributed by atoms with Crippen molar-refractivity contribution >= 4 is 23.5 Å². The summed E-state index contributed by atoms with van der Waals surface area (Å²) in [5.41, 5.74) is 3.12. The van der Waals surface area contributed by atoms with Crippen LogP contribution in [0.25, 0.3) is 0 Å². The lowest BCUT2D eigenvalue weighted by Gasteiger charge is -2.19. The minimum atomic E-state index is -0.846. The number of carboxylic acid groups (broad SMARTS) is 1. The highest BCUT2D eigenvalue weighted by Gasteiger charge is 2.14. The van der Waals surface area contributed by atoms with Crippen molar-refractivity contribution in [1.29, 1.82) is 0 Å². The average Bonchev–Trinajstić information content (AvgIpc) is 2.65. The summed E-state index contributed by atoms with van der Waals surface area (Å²) < 4.78 is 0. The molecule has 2 aromatic carbocycles. The van der Waals surface area contributed by atoms with Crippen LogP contribution < -0.4 is 10.6 Å². The summed E-state index contributed by atoms with van der Waals surface area (Å²) in [5.74, 6) is -1.49. The Morgan fingerprint density at radius 2 is 1.54 bits per heavy atom. The molecule has 3 N–H and O–H groups in total. The van der Waals surface area contributed by atoms with Crippen LogP contribution in [0.15, 0.2) is 48.5 Å². The number of amides is 2. The Morgan fingerprint density at radius 1 is 0.929 bits per heavy atom. The lowest BCUT2D eigenvalue weighted by Crippen LogP contribution is -2.32. The van der Waals surface area contributed by atoms with Crippen LogP contribution >= 0.6 is 0 Å². The van der Waals surface area contributed by atoms with Gasteiger partial charge in [0.05, 0.1) is 6.54 Å². The van der Waals surface area contributed by atoms with Gasteiger partial charge in [0.15, 0.2) is 0 Å². The van der Waals surface area contributed by atoms with Gasteiger partial charge in [0.25, 0.3) is 5.91 Å². The molecule has 6 heteroatoms. The van der Waals surface area contributed by atoms with E-state index in [-0.39, 0.29) is 30.2 Å². The summed E-state index contributed by atoms with van der Waals surface area (Å²) in [6.45, 7) is 6.17. The molecule has 0 atom stereocenters. The molecule has 0 saturated carbocycles. The number of aryl methyl sites for hydroxylation is 1. The van der Waals surface area contributed by atoms with Gasteiger partial charge in [-0.1, -0.05) is 45.0 Å². The molecule has 0 aliphatic carbocycles. The van der Waals surface area contributed by atoms with Crippen molar-refractivity contribution < 1.29 is 19.5 Å². The largest absolute Gasteiger partial charge is 0.481 e. The number of benzene rings is 2. The van der Waals surface area contributed by atoms with Gasteiger partial charge in [0.1, 0.15) is 0 Å². The first-order valence-electron chi connectivity index (χ1n) is 9.14. The summed E-state index contributed by atoms with van der Waals surface area (Å²) in [7, 11) is 0. The van der Waals surface area contributed by atoms with Gasteiger partial charge in [-0.05, 0) is 47.2 Å². The zero-order chi connectivity index (χ0) is 20.7. The summed E-state index contributed by atoms with van der Waals surface area (Å²) in [6.07, 6.45) is 0.502. The molecular formula is C22H26N2O4. The standard InChI is InChI=1S/C22H26N2O4/c1-22(2,3)17-9-7-16(8-10-17)21(28)23-14-19(25)24-18-11-4-15(5-12-18)6-13-20(26)27/h4-5,7-12H,6,13-14H2,1-3H3,(H,23,28)(H,24,25)(H,26,27). The molecule has 2 aromatic rings. The number of nitrogens with one attached hydrogen (secondary N) is 2. The minimum absolute atomic E-state index is 0.0120. The molecule has 0 radical (unpaired) electrons. The van der Waals surface area contributed by atoms with Crippen molar-refractivity contribution in [3.8, 4) is 0 Å². The Hall–Kier alpha value is -3.15. The molecule has 6 nitrogen and oxygen atoms in total. The second-order valence-corrected chi connectivity index (χ2v) is 7.65. The van der Waals surface area contributed by atoms with Crippen LogP contribution in [0.3, 0.4) is 0 Å². The number of aliphatic carboxylic acids is 1. The number of hydrogen-bond donors (Lipinski definition) is 3.